The van der Waals surface area contributed by atoms with Gasteiger partial charge in [-0.3, -0.25) is 14.4 Å². The van der Waals surface area contributed by atoms with E-state index < -0.39 is 5.97 Å². The standard InChI is InChI=1S/C20H26ClN3O2/c1-20(2,3)24-13-15(12-23-10-8-14(9-11-23)19(25)26)18(22-24)16-6-4-5-7-17(16)21/h4-7,13-14H,8-12H2,1-3H3,(H,25,26). The van der Waals surface area contributed by atoms with E-state index in [-0.39, 0.29) is 11.5 Å². The number of hydrogen-bond acceptors (Lipinski definition) is 3. The zero-order valence-electron chi connectivity index (χ0n) is 15.6. The Hall–Kier alpha value is -1.85. The molecule has 6 heteroatoms. The summed E-state index contributed by atoms with van der Waals surface area (Å²) in [5, 5.41) is 14.7. The van der Waals surface area contributed by atoms with E-state index in [0.717, 1.165) is 36.5 Å². The van der Waals surface area contributed by atoms with Crippen molar-refractivity contribution in [3.63, 3.8) is 0 Å². The van der Waals surface area contributed by atoms with Crippen LogP contribution in [0.1, 0.15) is 39.2 Å². The summed E-state index contributed by atoms with van der Waals surface area (Å²) in [5.74, 6) is -0.895. The Kier molecular flexibility index (Phi) is 5.39. The first kappa shape index (κ1) is 18.9. The number of nitrogens with zero attached hydrogens (tertiary/aromatic N) is 3. The van der Waals surface area contributed by atoms with Gasteiger partial charge in [0.15, 0.2) is 0 Å². The fourth-order valence-electron chi connectivity index (χ4n) is 3.33. The second-order valence-corrected chi connectivity index (χ2v) is 8.39. The quantitative estimate of drug-likeness (QED) is 0.867. The summed E-state index contributed by atoms with van der Waals surface area (Å²) >= 11 is 6.42. The highest BCUT2D eigenvalue weighted by atomic mass is 35.5. The number of carboxylic acid groups (broad SMARTS) is 1. The first-order valence-electron chi connectivity index (χ1n) is 9.05. The average Bonchev–Trinajstić information content (AvgIpc) is 3.00. The van der Waals surface area contributed by atoms with Crippen molar-refractivity contribution in [3.8, 4) is 11.3 Å². The number of hydrogen-bond donors (Lipinski definition) is 1. The van der Waals surface area contributed by atoms with Gasteiger partial charge in [-0.2, -0.15) is 5.10 Å². The molecule has 0 amide bonds. The molecule has 0 radical (unpaired) electrons. The van der Waals surface area contributed by atoms with E-state index in [1.54, 1.807) is 0 Å². The molecule has 1 saturated heterocycles. The van der Waals surface area contributed by atoms with Crippen molar-refractivity contribution in [2.45, 2.75) is 45.7 Å². The second kappa shape index (κ2) is 7.41. The Labute approximate surface area is 159 Å². The Bertz CT molecular complexity index is 787. The summed E-state index contributed by atoms with van der Waals surface area (Å²) in [7, 11) is 0. The summed E-state index contributed by atoms with van der Waals surface area (Å²) in [5.41, 5.74) is 2.85. The minimum atomic E-state index is -0.679. The van der Waals surface area contributed by atoms with Gasteiger partial charge in [-0.1, -0.05) is 29.8 Å². The minimum absolute atomic E-state index is 0.120. The molecule has 0 saturated carbocycles. The molecule has 0 aliphatic carbocycles. The first-order chi connectivity index (χ1) is 12.3. The highest BCUT2D eigenvalue weighted by Crippen LogP contribution is 2.32. The van der Waals surface area contributed by atoms with Crippen LogP contribution in [0.2, 0.25) is 5.02 Å². The van der Waals surface area contributed by atoms with Crippen LogP contribution in [0.3, 0.4) is 0 Å². The van der Waals surface area contributed by atoms with Crippen LogP contribution in [0, 0.1) is 5.92 Å². The van der Waals surface area contributed by atoms with Crippen LogP contribution < -0.4 is 0 Å². The van der Waals surface area contributed by atoms with Crippen LogP contribution >= 0.6 is 11.6 Å². The van der Waals surface area contributed by atoms with Crippen molar-refractivity contribution < 1.29 is 9.90 Å². The number of rotatable bonds is 4. The van der Waals surface area contributed by atoms with E-state index in [2.05, 4.69) is 31.9 Å². The number of likely N-dealkylation sites (tertiary alicyclic amines) is 1. The second-order valence-electron chi connectivity index (χ2n) is 7.99. The van der Waals surface area contributed by atoms with Gasteiger partial charge in [-0.25, -0.2) is 0 Å². The molecule has 5 nitrogen and oxygen atoms in total. The van der Waals surface area contributed by atoms with E-state index in [0.29, 0.717) is 17.9 Å². The molecule has 1 aliphatic rings. The van der Waals surface area contributed by atoms with Crippen molar-refractivity contribution in [2.24, 2.45) is 5.92 Å². The Morgan fingerprint density at radius 1 is 1.27 bits per heavy atom. The normalized spacial score (nSPS) is 16.8. The largest absolute Gasteiger partial charge is 0.481 e. The van der Waals surface area contributed by atoms with Gasteiger partial charge in [0, 0.05) is 23.9 Å². The SMILES string of the molecule is CC(C)(C)n1cc(CN2CCC(C(=O)O)CC2)c(-c2ccccc2Cl)n1. The fraction of sp³-hybridized carbons (Fsp3) is 0.500. The lowest BCUT2D eigenvalue weighted by molar-refractivity contribution is -0.143. The topological polar surface area (TPSA) is 58.4 Å². The zero-order chi connectivity index (χ0) is 18.9. The van der Waals surface area contributed by atoms with E-state index >= 15 is 0 Å². The Morgan fingerprint density at radius 3 is 2.50 bits per heavy atom. The highest BCUT2D eigenvalue weighted by molar-refractivity contribution is 6.33. The maximum Gasteiger partial charge on any atom is 0.306 e. The average molecular weight is 376 g/mol. The lowest BCUT2D eigenvalue weighted by atomic mass is 9.96. The van der Waals surface area contributed by atoms with Crippen LogP contribution in [0.15, 0.2) is 30.5 Å². The van der Waals surface area contributed by atoms with Crippen LogP contribution in [0.25, 0.3) is 11.3 Å². The van der Waals surface area contributed by atoms with Gasteiger partial charge >= 0.3 is 5.97 Å². The van der Waals surface area contributed by atoms with Gasteiger partial charge in [-0.05, 0) is 52.8 Å². The van der Waals surface area contributed by atoms with E-state index in [1.807, 2.05) is 28.9 Å². The maximum atomic E-state index is 11.2. The molecule has 26 heavy (non-hydrogen) atoms. The molecule has 1 aromatic carbocycles. The maximum absolute atomic E-state index is 11.2. The summed E-state index contributed by atoms with van der Waals surface area (Å²) in [6.07, 6.45) is 3.50. The molecule has 2 aromatic rings. The molecule has 1 aliphatic heterocycles. The van der Waals surface area contributed by atoms with Crippen molar-refractivity contribution in [1.82, 2.24) is 14.7 Å². The molecule has 0 bridgehead atoms. The van der Waals surface area contributed by atoms with Crippen molar-refractivity contribution in [1.29, 1.82) is 0 Å². The molecule has 1 fully saturated rings. The molecular formula is C20H26ClN3O2. The number of aliphatic carboxylic acids is 1. The molecule has 0 spiro atoms. The Morgan fingerprint density at radius 2 is 1.92 bits per heavy atom. The smallest absolute Gasteiger partial charge is 0.306 e. The van der Waals surface area contributed by atoms with Gasteiger partial charge < -0.3 is 5.11 Å². The summed E-state index contributed by atoms with van der Waals surface area (Å²) in [4.78, 5) is 13.5. The third kappa shape index (κ3) is 4.10. The molecule has 1 N–H and O–H groups in total. The van der Waals surface area contributed by atoms with Crippen molar-refractivity contribution in [3.05, 3.63) is 41.0 Å². The fourth-order valence-corrected chi connectivity index (χ4v) is 3.55. The van der Waals surface area contributed by atoms with Gasteiger partial charge in [0.05, 0.1) is 22.2 Å². The molecule has 2 heterocycles. The minimum Gasteiger partial charge on any atom is -0.481 e. The van der Waals surface area contributed by atoms with E-state index in [1.165, 1.54) is 0 Å². The zero-order valence-corrected chi connectivity index (χ0v) is 16.3. The number of halogens is 1. The predicted molar refractivity (Wildman–Crippen MR) is 103 cm³/mol. The molecule has 3 rings (SSSR count). The number of piperidine rings is 1. The number of aromatic nitrogens is 2. The highest BCUT2D eigenvalue weighted by Gasteiger charge is 2.26. The number of benzene rings is 1. The summed E-state index contributed by atoms with van der Waals surface area (Å²) in [6.45, 7) is 8.71. The van der Waals surface area contributed by atoms with Gasteiger partial charge in [-0.15, -0.1) is 0 Å². The van der Waals surface area contributed by atoms with Crippen molar-refractivity contribution in [2.75, 3.05) is 13.1 Å². The summed E-state index contributed by atoms with van der Waals surface area (Å²) < 4.78 is 1.99. The van der Waals surface area contributed by atoms with Gasteiger partial charge in [0.1, 0.15) is 0 Å². The van der Waals surface area contributed by atoms with Crippen LogP contribution in [-0.2, 0) is 16.9 Å². The molecular weight excluding hydrogens is 350 g/mol. The number of carboxylic acids is 1. The molecule has 0 atom stereocenters. The lowest BCUT2D eigenvalue weighted by Crippen LogP contribution is -2.35. The number of carbonyl (C=O) groups is 1. The third-order valence-corrected chi connectivity index (χ3v) is 5.27. The lowest BCUT2D eigenvalue weighted by Gasteiger charge is -2.29. The van der Waals surface area contributed by atoms with Crippen LogP contribution in [0.4, 0.5) is 0 Å². The van der Waals surface area contributed by atoms with Gasteiger partial charge in [0.2, 0.25) is 0 Å². The predicted octanol–water partition coefficient (Wildman–Crippen LogP) is 4.26. The summed E-state index contributed by atoms with van der Waals surface area (Å²) in [6, 6.07) is 7.77. The monoisotopic (exact) mass is 375 g/mol. The van der Waals surface area contributed by atoms with Crippen LogP contribution in [-0.4, -0.2) is 38.8 Å². The van der Waals surface area contributed by atoms with Gasteiger partial charge in [0.25, 0.3) is 0 Å². The molecule has 1 aromatic heterocycles. The third-order valence-electron chi connectivity index (χ3n) is 4.94. The Balaban J connectivity index is 1.88. The van der Waals surface area contributed by atoms with Crippen molar-refractivity contribution >= 4 is 17.6 Å². The van der Waals surface area contributed by atoms with E-state index in [4.69, 9.17) is 16.7 Å². The van der Waals surface area contributed by atoms with Crippen LogP contribution in [0.5, 0.6) is 0 Å². The van der Waals surface area contributed by atoms with E-state index in [9.17, 15) is 9.90 Å². The first-order valence-corrected chi connectivity index (χ1v) is 9.42. The molecule has 0 unspecified atom stereocenters. The molecule has 140 valence electrons.